The maximum atomic E-state index is 12.2. The van der Waals surface area contributed by atoms with Gasteiger partial charge in [0.25, 0.3) is 0 Å². The molecule has 0 aromatic rings. The number of carboxylic acid groups (broad SMARTS) is 1. The Morgan fingerprint density at radius 2 is 1.55 bits per heavy atom. The van der Waals surface area contributed by atoms with Gasteiger partial charge in [-0.2, -0.15) is 0 Å². The summed E-state index contributed by atoms with van der Waals surface area (Å²) in [6, 6.07) is 0. The minimum Gasteiger partial charge on any atom is -0.481 e. The maximum Gasteiger partial charge on any atom is 0.309 e. The van der Waals surface area contributed by atoms with Crippen LogP contribution in [0.15, 0.2) is 11.6 Å². The molecule has 0 saturated heterocycles. The lowest BCUT2D eigenvalue weighted by Crippen LogP contribution is -2.64. The third-order valence-corrected chi connectivity index (χ3v) is 13.3. The van der Waals surface area contributed by atoms with Crippen molar-refractivity contribution in [1.82, 2.24) is 0 Å². The molecule has 0 amide bonds. The molecule has 4 saturated carbocycles. The average Bonchev–Trinajstić information content (AvgIpc) is 2.73. The summed E-state index contributed by atoms with van der Waals surface area (Å²) in [5.74, 6) is 1.01. The molecule has 0 spiro atoms. The molecule has 0 aliphatic heterocycles. The number of aliphatic carboxylic acids is 1. The van der Waals surface area contributed by atoms with E-state index in [4.69, 9.17) is 0 Å². The van der Waals surface area contributed by atoms with E-state index < -0.39 is 11.4 Å². The Bertz CT molecular complexity index is 889. The van der Waals surface area contributed by atoms with Gasteiger partial charge in [-0.15, -0.1) is 0 Å². The number of carbonyl (C=O) groups is 1. The molecule has 2 N–H and O–H groups in total. The first-order chi connectivity index (χ1) is 15.1. The number of carboxylic acids is 1. The van der Waals surface area contributed by atoms with Gasteiger partial charge in [0.2, 0.25) is 0 Å². The molecule has 9 atom stereocenters. The topological polar surface area (TPSA) is 57.5 Å². The van der Waals surface area contributed by atoms with Crippen molar-refractivity contribution in [1.29, 1.82) is 0 Å². The van der Waals surface area contributed by atoms with E-state index in [0.29, 0.717) is 17.8 Å². The van der Waals surface area contributed by atoms with Crippen LogP contribution in [0.5, 0.6) is 0 Å². The van der Waals surface area contributed by atoms with Gasteiger partial charge >= 0.3 is 5.97 Å². The second-order valence-corrected chi connectivity index (χ2v) is 14.9. The Balaban J connectivity index is 1.57. The predicted octanol–water partition coefficient (Wildman–Crippen LogP) is 7.23. The van der Waals surface area contributed by atoms with Gasteiger partial charge < -0.3 is 10.2 Å². The van der Waals surface area contributed by atoms with Crippen LogP contribution in [0.25, 0.3) is 0 Å². The first-order valence-corrected chi connectivity index (χ1v) is 13.8. The first kappa shape index (κ1) is 23.9. The van der Waals surface area contributed by atoms with Gasteiger partial charge in [-0.3, -0.25) is 4.79 Å². The lowest BCUT2D eigenvalue weighted by atomic mass is 9.33. The molecule has 5 aliphatic rings. The standard InChI is InChI=1S/C30H48O3/c1-25(2)21-10-13-30(7)22(28(21,5)12-11-23(25)31)9-8-19-20-18-27(4,24(32)33)15-14-26(20,3)16-17-29(19,30)6/h8,20-23,31H,9-18H2,1-7H3,(H,32,33)/t20?,21?,22?,23?,26-,27+,28+,29-,30-/m1/s1. The summed E-state index contributed by atoms with van der Waals surface area (Å²) in [6.07, 6.45) is 13.2. The lowest BCUT2D eigenvalue weighted by molar-refractivity contribution is -0.203. The second kappa shape index (κ2) is 6.89. The molecule has 186 valence electrons. The van der Waals surface area contributed by atoms with Gasteiger partial charge in [0.1, 0.15) is 0 Å². The van der Waals surface area contributed by atoms with Gasteiger partial charge in [0.05, 0.1) is 11.5 Å². The Kier molecular flexibility index (Phi) is 4.99. The number of rotatable bonds is 1. The van der Waals surface area contributed by atoms with Gasteiger partial charge in [-0.05, 0) is 116 Å². The maximum absolute atomic E-state index is 12.2. The minimum absolute atomic E-state index is 0.0168. The highest BCUT2D eigenvalue weighted by molar-refractivity contribution is 5.74. The average molecular weight is 457 g/mol. The Morgan fingerprint density at radius 3 is 2.21 bits per heavy atom. The van der Waals surface area contributed by atoms with Crippen LogP contribution in [-0.4, -0.2) is 22.3 Å². The molecular formula is C30H48O3. The molecule has 0 bridgehead atoms. The normalized spacial score (nSPS) is 55.3. The smallest absolute Gasteiger partial charge is 0.309 e. The van der Waals surface area contributed by atoms with Crippen molar-refractivity contribution < 1.29 is 15.0 Å². The number of aliphatic hydroxyl groups is 1. The summed E-state index contributed by atoms with van der Waals surface area (Å²) in [5.41, 5.74) is 1.94. The van der Waals surface area contributed by atoms with Crippen LogP contribution in [0.3, 0.4) is 0 Å². The van der Waals surface area contributed by atoms with Crippen molar-refractivity contribution in [3.8, 4) is 0 Å². The van der Waals surface area contributed by atoms with Crippen LogP contribution in [-0.2, 0) is 4.79 Å². The second-order valence-electron chi connectivity index (χ2n) is 14.9. The van der Waals surface area contributed by atoms with Crippen LogP contribution >= 0.6 is 0 Å². The van der Waals surface area contributed by atoms with E-state index in [1.807, 2.05) is 6.92 Å². The molecule has 3 heteroatoms. The number of hydrogen-bond acceptors (Lipinski definition) is 2. The van der Waals surface area contributed by atoms with Crippen LogP contribution in [0.2, 0.25) is 0 Å². The van der Waals surface area contributed by atoms with E-state index in [-0.39, 0.29) is 33.2 Å². The van der Waals surface area contributed by atoms with E-state index in [1.54, 1.807) is 5.57 Å². The van der Waals surface area contributed by atoms with Crippen LogP contribution in [0.4, 0.5) is 0 Å². The SMILES string of the molecule is CC1(C)C(O)CC[C@@]2(C)C1CC[C@]1(C)C2CC=C2C3C[C@@](C)(C(=O)O)CC[C@]3(C)CC[C@]21C. The molecule has 0 heterocycles. The first-order valence-electron chi connectivity index (χ1n) is 13.8. The fraction of sp³-hybridized carbons (Fsp3) is 0.900. The van der Waals surface area contributed by atoms with E-state index in [1.165, 1.54) is 25.7 Å². The molecule has 0 aromatic carbocycles. The number of allylic oxidation sites excluding steroid dienone is 2. The molecule has 0 aromatic heterocycles. The molecule has 4 fully saturated rings. The van der Waals surface area contributed by atoms with Crippen molar-refractivity contribution >= 4 is 5.97 Å². The van der Waals surface area contributed by atoms with E-state index >= 15 is 0 Å². The zero-order chi connectivity index (χ0) is 24.2. The molecule has 5 rings (SSSR count). The van der Waals surface area contributed by atoms with Crippen molar-refractivity contribution in [3.05, 3.63) is 11.6 Å². The molecule has 5 aliphatic carbocycles. The van der Waals surface area contributed by atoms with E-state index in [2.05, 4.69) is 47.6 Å². The van der Waals surface area contributed by atoms with Crippen molar-refractivity contribution in [3.63, 3.8) is 0 Å². The summed E-state index contributed by atoms with van der Waals surface area (Å²) in [5, 5.41) is 20.9. The molecule has 0 radical (unpaired) electrons. The zero-order valence-corrected chi connectivity index (χ0v) is 22.3. The molecule has 3 nitrogen and oxygen atoms in total. The van der Waals surface area contributed by atoms with E-state index in [9.17, 15) is 15.0 Å². The van der Waals surface area contributed by atoms with Crippen LogP contribution < -0.4 is 0 Å². The third-order valence-electron chi connectivity index (χ3n) is 13.3. The third kappa shape index (κ3) is 2.87. The molecular weight excluding hydrogens is 408 g/mol. The minimum atomic E-state index is -0.603. The summed E-state index contributed by atoms with van der Waals surface area (Å²) in [6.45, 7) is 16.8. The summed E-state index contributed by atoms with van der Waals surface area (Å²) in [7, 11) is 0. The Hall–Kier alpha value is -0.830. The van der Waals surface area contributed by atoms with Gasteiger partial charge in [-0.25, -0.2) is 0 Å². The Morgan fingerprint density at radius 1 is 0.879 bits per heavy atom. The Labute approximate surface area is 201 Å². The monoisotopic (exact) mass is 456 g/mol. The lowest BCUT2D eigenvalue weighted by Gasteiger charge is -2.71. The highest BCUT2D eigenvalue weighted by Crippen LogP contribution is 2.75. The summed E-state index contributed by atoms with van der Waals surface area (Å²) >= 11 is 0. The largest absolute Gasteiger partial charge is 0.481 e. The molecule has 33 heavy (non-hydrogen) atoms. The van der Waals surface area contributed by atoms with Gasteiger partial charge in [-0.1, -0.05) is 53.2 Å². The van der Waals surface area contributed by atoms with Crippen LogP contribution in [0.1, 0.15) is 113 Å². The highest BCUT2D eigenvalue weighted by Gasteiger charge is 2.68. The summed E-state index contributed by atoms with van der Waals surface area (Å²) < 4.78 is 0. The van der Waals surface area contributed by atoms with Crippen LogP contribution in [0, 0.1) is 50.2 Å². The van der Waals surface area contributed by atoms with E-state index in [0.717, 1.165) is 38.5 Å². The zero-order valence-electron chi connectivity index (χ0n) is 22.3. The fourth-order valence-corrected chi connectivity index (χ4v) is 10.5. The predicted molar refractivity (Wildman–Crippen MR) is 133 cm³/mol. The quantitative estimate of drug-likeness (QED) is 0.409. The van der Waals surface area contributed by atoms with Gasteiger partial charge in [0, 0.05) is 0 Å². The highest BCUT2D eigenvalue weighted by atomic mass is 16.4. The fourth-order valence-electron chi connectivity index (χ4n) is 10.5. The molecule has 4 unspecified atom stereocenters. The van der Waals surface area contributed by atoms with Crippen molar-refractivity contribution in [2.75, 3.05) is 0 Å². The number of aliphatic hydroxyl groups excluding tert-OH is 1. The number of fused-ring (bicyclic) bond motifs is 7. The van der Waals surface area contributed by atoms with Gasteiger partial charge in [0.15, 0.2) is 0 Å². The number of hydrogen-bond donors (Lipinski definition) is 2. The van der Waals surface area contributed by atoms with Crippen molar-refractivity contribution in [2.45, 2.75) is 119 Å². The summed E-state index contributed by atoms with van der Waals surface area (Å²) in [4.78, 5) is 12.2. The van der Waals surface area contributed by atoms with Crippen molar-refractivity contribution in [2.24, 2.45) is 50.2 Å².